The molecule has 1 amide bonds. The first-order valence-electron chi connectivity index (χ1n) is 9.88. The van der Waals surface area contributed by atoms with E-state index in [1.54, 1.807) is 6.07 Å². The smallest absolute Gasteiger partial charge is 0.295 e. The third-order valence-corrected chi connectivity index (χ3v) is 5.69. The molecule has 2 aliphatic rings. The van der Waals surface area contributed by atoms with Crippen LogP contribution in [0.5, 0.6) is 0 Å². The van der Waals surface area contributed by atoms with Gasteiger partial charge in [-0.25, -0.2) is 4.98 Å². The number of anilines is 1. The number of nitro groups is 1. The summed E-state index contributed by atoms with van der Waals surface area (Å²) >= 11 is 0. The van der Waals surface area contributed by atoms with E-state index >= 15 is 0 Å². The maximum absolute atomic E-state index is 12.6. The lowest BCUT2D eigenvalue weighted by molar-refractivity contribution is -0.384. The predicted octanol–water partition coefficient (Wildman–Crippen LogP) is 3.50. The number of hydrogen-bond donors (Lipinski definition) is 0. The Balaban J connectivity index is 1.51. The number of rotatable bonds is 4. The van der Waals surface area contributed by atoms with Gasteiger partial charge in [0.15, 0.2) is 5.69 Å². The Morgan fingerprint density at radius 2 is 1.68 bits per heavy atom. The fourth-order valence-electron chi connectivity index (χ4n) is 4.12. The summed E-state index contributed by atoms with van der Waals surface area (Å²) in [6.45, 7) is 3.26. The number of nitrogens with zero attached hydrogens (tertiary/aromatic N) is 4. The second-order valence-electron chi connectivity index (χ2n) is 7.45. The van der Waals surface area contributed by atoms with Crippen molar-refractivity contribution in [2.75, 3.05) is 31.1 Å². The first kappa shape index (κ1) is 18.4. The highest BCUT2D eigenvalue weighted by molar-refractivity contribution is 5.79. The van der Waals surface area contributed by atoms with Gasteiger partial charge in [-0.2, -0.15) is 0 Å². The highest BCUT2D eigenvalue weighted by atomic mass is 16.6. The summed E-state index contributed by atoms with van der Waals surface area (Å²) < 4.78 is 0. The zero-order chi connectivity index (χ0) is 19.5. The fraction of sp³-hybridized carbons (Fsp3) is 0.429. The largest absolute Gasteiger partial charge is 0.357 e. The Hall–Kier alpha value is -2.96. The highest BCUT2D eigenvalue weighted by Crippen LogP contribution is 2.32. The zero-order valence-electron chi connectivity index (χ0n) is 15.8. The normalized spacial score (nSPS) is 17.7. The molecule has 4 rings (SSSR count). The van der Waals surface area contributed by atoms with E-state index in [2.05, 4.69) is 9.88 Å². The van der Waals surface area contributed by atoms with Crippen LogP contribution in [-0.4, -0.2) is 46.9 Å². The molecule has 2 fully saturated rings. The molecule has 0 saturated carbocycles. The van der Waals surface area contributed by atoms with Gasteiger partial charge < -0.3 is 9.80 Å². The van der Waals surface area contributed by atoms with E-state index in [0.29, 0.717) is 11.6 Å². The van der Waals surface area contributed by atoms with Crippen LogP contribution in [-0.2, 0) is 4.79 Å². The van der Waals surface area contributed by atoms with Gasteiger partial charge in [0.1, 0.15) is 5.82 Å². The lowest BCUT2D eigenvalue weighted by atomic mass is 9.95. The van der Waals surface area contributed by atoms with Gasteiger partial charge in [0, 0.05) is 43.7 Å². The number of amides is 1. The van der Waals surface area contributed by atoms with E-state index in [1.165, 1.54) is 6.07 Å². The number of aromatic nitrogens is 1. The number of carbonyl (C=O) groups is 1. The standard InChI is InChI=1S/C21H24N4O3/c26-21(24-12-4-5-13-24)17-10-14-23(15-11-17)19-9-8-18(25(27)28)20(22-19)16-6-2-1-3-7-16/h1-3,6-9,17H,4-5,10-15H2. The molecule has 0 N–H and O–H groups in total. The molecule has 1 aromatic heterocycles. The average molecular weight is 380 g/mol. The van der Waals surface area contributed by atoms with Gasteiger partial charge in [0.2, 0.25) is 5.91 Å². The van der Waals surface area contributed by atoms with Gasteiger partial charge in [0.05, 0.1) is 4.92 Å². The maximum atomic E-state index is 12.6. The van der Waals surface area contributed by atoms with Crippen LogP contribution >= 0.6 is 0 Å². The summed E-state index contributed by atoms with van der Waals surface area (Å²) in [7, 11) is 0. The van der Waals surface area contributed by atoms with Crippen molar-refractivity contribution >= 4 is 17.4 Å². The Morgan fingerprint density at radius 3 is 2.32 bits per heavy atom. The molecule has 3 heterocycles. The van der Waals surface area contributed by atoms with Crippen LogP contribution in [0.4, 0.5) is 11.5 Å². The lowest BCUT2D eigenvalue weighted by Gasteiger charge is -2.34. The van der Waals surface area contributed by atoms with Crippen molar-refractivity contribution in [1.29, 1.82) is 0 Å². The molecule has 1 aromatic carbocycles. The van der Waals surface area contributed by atoms with Crippen molar-refractivity contribution in [3.63, 3.8) is 0 Å². The summed E-state index contributed by atoms with van der Waals surface area (Å²) in [5.74, 6) is 1.11. The second kappa shape index (κ2) is 7.96. The van der Waals surface area contributed by atoms with Crippen molar-refractivity contribution in [2.24, 2.45) is 5.92 Å². The number of hydrogen-bond acceptors (Lipinski definition) is 5. The van der Waals surface area contributed by atoms with Gasteiger partial charge >= 0.3 is 0 Å². The molecule has 2 saturated heterocycles. The molecule has 0 unspecified atom stereocenters. The Labute approximate surface area is 164 Å². The number of likely N-dealkylation sites (tertiary alicyclic amines) is 1. The number of pyridine rings is 1. The Kier molecular flexibility index (Phi) is 5.23. The van der Waals surface area contributed by atoms with Crippen molar-refractivity contribution in [3.05, 3.63) is 52.6 Å². The van der Waals surface area contributed by atoms with Crippen LogP contribution in [0.25, 0.3) is 11.3 Å². The fourth-order valence-corrected chi connectivity index (χ4v) is 4.12. The van der Waals surface area contributed by atoms with Crippen molar-refractivity contribution in [3.8, 4) is 11.3 Å². The molecule has 28 heavy (non-hydrogen) atoms. The first-order chi connectivity index (χ1) is 13.6. The molecule has 146 valence electrons. The number of piperidine rings is 1. The molecule has 0 radical (unpaired) electrons. The van der Waals surface area contributed by atoms with Gasteiger partial charge in [-0.1, -0.05) is 30.3 Å². The van der Waals surface area contributed by atoms with Gasteiger partial charge in [0.25, 0.3) is 5.69 Å². The van der Waals surface area contributed by atoms with E-state index in [-0.39, 0.29) is 16.5 Å². The molecule has 7 heteroatoms. The predicted molar refractivity (Wildman–Crippen MR) is 107 cm³/mol. The van der Waals surface area contributed by atoms with Crippen LogP contribution in [0, 0.1) is 16.0 Å². The van der Waals surface area contributed by atoms with Crippen LogP contribution in [0.2, 0.25) is 0 Å². The topological polar surface area (TPSA) is 79.6 Å². The van der Waals surface area contributed by atoms with Gasteiger partial charge in [-0.3, -0.25) is 14.9 Å². The third kappa shape index (κ3) is 3.69. The van der Waals surface area contributed by atoms with Crippen LogP contribution < -0.4 is 4.90 Å². The molecule has 0 spiro atoms. The first-order valence-corrected chi connectivity index (χ1v) is 9.88. The third-order valence-electron chi connectivity index (χ3n) is 5.69. The van der Waals surface area contributed by atoms with Crippen LogP contribution in [0.1, 0.15) is 25.7 Å². The molecule has 2 aliphatic heterocycles. The number of benzene rings is 1. The van der Waals surface area contributed by atoms with Gasteiger partial charge in [-0.05, 0) is 31.7 Å². The van der Waals surface area contributed by atoms with Crippen LogP contribution in [0.3, 0.4) is 0 Å². The van der Waals surface area contributed by atoms with Crippen molar-refractivity contribution in [2.45, 2.75) is 25.7 Å². The summed E-state index contributed by atoms with van der Waals surface area (Å²) in [6.07, 6.45) is 3.82. The lowest BCUT2D eigenvalue weighted by Crippen LogP contribution is -2.41. The van der Waals surface area contributed by atoms with Crippen molar-refractivity contribution < 1.29 is 9.72 Å². The molecular weight excluding hydrogens is 356 g/mol. The summed E-state index contributed by atoms with van der Waals surface area (Å²) in [5, 5.41) is 11.4. The molecule has 7 nitrogen and oxygen atoms in total. The minimum atomic E-state index is -0.389. The Morgan fingerprint density at radius 1 is 1.00 bits per heavy atom. The van der Waals surface area contributed by atoms with E-state index < -0.39 is 0 Å². The Bertz CT molecular complexity index is 857. The number of carbonyl (C=O) groups excluding carboxylic acids is 1. The second-order valence-corrected chi connectivity index (χ2v) is 7.45. The SMILES string of the molecule is O=C(C1CCN(c2ccc([N+](=O)[O-])c(-c3ccccc3)n2)CC1)N1CCCC1. The van der Waals surface area contributed by atoms with Crippen LogP contribution in [0.15, 0.2) is 42.5 Å². The summed E-state index contributed by atoms with van der Waals surface area (Å²) in [4.78, 5) is 32.4. The molecule has 0 atom stereocenters. The zero-order valence-corrected chi connectivity index (χ0v) is 15.8. The molecule has 2 aromatic rings. The quantitative estimate of drug-likeness (QED) is 0.599. The maximum Gasteiger partial charge on any atom is 0.295 e. The monoisotopic (exact) mass is 380 g/mol. The van der Waals surface area contributed by atoms with E-state index in [0.717, 1.165) is 63.2 Å². The van der Waals surface area contributed by atoms with Crippen molar-refractivity contribution in [1.82, 2.24) is 9.88 Å². The molecular formula is C21H24N4O3. The summed E-state index contributed by atoms with van der Waals surface area (Å²) in [6, 6.07) is 12.5. The minimum Gasteiger partial charge on any atom is -0.357 e. The van der Waals surface area contributed by atoms with E-state index in [9.17, 15) is 14.9 Å². The van der Waals surface area contributed by atoms with E-state index in [4.69, 9.17) is 0 Å². The molecule has 0 bridgehead atoms. The average Bonchev–Trinajstić information content (AvgIpc) is 3.28. The van der Waals surface area contributed by atoms with E-state index in [1.807, 2.05) is 35.2 Å². The minimum absolute atomic E-state index is 0.00838. The molecule has 0 aliphatic carbocycles. The highest BCUT2D eigenvalue weighted by Gasteiger charge is 2.30. The van der Waals surface area contributed by atoms with Gasteiger partial charge in [-0.15, -0.1) is 0 Å². The summed E-state index contributed by atoms with van der Waals surface area (Å²) in [5.41, 5.74) is 1.13.